The van der Waals surface area contributed by atoms with E-state index >= 15 is 0 Å². The number of ether oxygens (including phenoxy) is 2. The maximum atomic E-state index is 14.0. The van der Waals surface area contributed by atoms with Gasteiger partial charge in [0.2, 0.25) is 0 Å². The molecule has 0 radical (unpaired) electrons. The van der Waals surface area contributed by atoms with Crippen LogP contribution in [-0.2, 0) is 40.3 Å². The molecule has 2 aliphatic heterocycles. The minimum absolute atomic E-state index is 0.146. The zero-order valence-corrected chi connectivity index (χ0v) is 32.3. The Morgan fingerprint density at radius 2 is 1.33 bits per heavy atom. The van der Waals surface area contributed by atoms with Gasteiger partial charge in [-0.2, -0.15) is 20.7 Å². The second kappa shape index (κ2) is 15.6. The molecule has 1 atom stereocenters. The third-order valence-electron chi connectivity index (χ3n) is 9.92. The van der Waals surface area contributed by atoms with E-state index in [2.05, 4.69) is 37.2 Å². The van der Waals surface area contributed by atoms with Gasteiger partial charge in [0.05, 0.1) is 17.9 Å². The van der Waals surface area contributed by atoms with Gasteiger partial charge in [0, 0.05) is 80.0 Å². The van der Waals surface area contributed by atoms with Gasteiger partial charge in [-0.05, 0) is 67.6 Å². The highest BCUT2D eigenvalue weighted by Crippen LogP contribution is 2.37. The van der Waals surface area contributed by atoms with Crippen LogP contribution in [0.25, 0.3) is 22.3 Å². The molecule has 4 aromatic heterocycles. The Hall–Kier alpha value is -7.37. The Balaban J connectivity index is 0.000000177. The number of benzene rings is 2. The summed E-state index contributed by atoms with van der Waals surface area (Å²) in [6.07, 6.45) is 2.48. The Labute approximate surface area is 332 Å². The molecule has 0 spiro atoms. The molecule has 8 rings (SSSR count). The second-order valence-electron chi connectivity index (χ2n) is 14.1. The molecule has 0 unspecified atom stereocenters. The number of nitriles is 2. The van der Waals surface area contributed by atoms with Crippen LogP contribution in [0.2, 0.25) is 0 Å². The van der Waals surface area contributed by atoms with Gasteiger partial charge in [-0.15, -0.1) is 0 Å². The molecule has 2 aliphatic rings. The summed E-state index contributed by atoms with van der Waals surface area (Å²) >= 11 is 0. The van der Waals surface area contributed by atoms with Gasteiger partial charge in [-0.1, -0.05) is 6.07 Å². The number of halogens is 2. The number of nitrogens with zero attached hydrogens (tertiary/aromatic N) is 10. The van der Waals surface area contributed by atoms with Gasteiger partial charge in [-0.3, -0.25) is 19.1 Å². The molecule has 6 heterocycles. The average Bonchev–Trinajstić information content (AvgIpc) is 3.68. The molecule has 0 saturated carbocycles. The predicted molar refractivity (Wildman–Crippen MR) is 208 cm³/mol. The molecule has 0 aliphatic carbocycles. The van der Waals surface area contributed by atoms with E-state index in [0.29, 0.717) is 69.3 Å². The van der Waals surface area contributed by atoms with Crippen LogP contribution in [0.4, 0.5) is 20.4 Å². The zero-order chi connectivity index (χ0) is 41.4. The van der Waals surface area contributed by atoms with E-state index in [1.807, 2.05) is 7.05 Å². The quantitative estimate of drug-likeness (QED) is 0.199. The second-order valence-corrected chi connectivity index (χ2v) is 14.1. The Bertz CT molecular complexity index is 2680. The number of fused-ring (bicyclic) bond motifs is 10. The van der Waals surface area contributed by atoms with Gasteiger partial charge in [-0.25, -0.2) is 18.7 Å². The third-order valence-corrected chi connectivity index (χ3v) is 9.92. The van der Waals surface area contributed by atoms with Crippen molar-refractivity contribution in [2.45, 2.75) is 39.3 Å². The van der Waals surface area contributed by atoms with E-state index in [-0.39, 0.29) is 42.3 Å². The normalized spacial score (nSPS) is 15.0. The predicted octanol–water partition coefficient (Wildman–Crippen LogP) is 5.40. The topological polar surface area (TPSA) is 203 Å². The Morgan fingerprint density at radius 1 is 0.759 bits per heavy atom. The van der Waals surface area contributed by atoms with Crippen LogP contribution in [0.3, 0.4) is 0 Å². The van der Waals surface area contributed by atoms with Crippen LogP contribution in [0.5, 0.6) is 11.5 Å². The number of aryl methyl sites for hydroxylation is 2. The number of carbonyl (C=O) groups is 1. The van der Waals surface area contributed by atoms with Gasteiger partial charge < -0.3 is 25.8 Å². The fraction of sp³-hybridized carbons (Fsp3) is 0.244. The van der Waals surface area contributed by atoms with Crippen LogP contribution in [-0.4, -0.2) is 59.3 Å². The number of pyridine rings is 2. The fourth-order valence-corrected chi connectivity index (χ4v) is 7.10. The number of hydrogen-bond acceptors (Lipinski definition) is 12. The summed E-state index contributed by atoms with van der Waals surface area (Å²) in [5, 5.41) is 28.2. The minimum atomic E-state index is -0.671. The van der Waals surface area contributed by atoms with E-state index in [4.69, 9.17) is 20.9 Å². The molecule has 1 amide bonds. The van der Waals surface area contributed by atoms with Crippen molar-refractivity contribution in [1.29, 1.82) is 10.5 Å². The molecule has 58 heavy (non-hydrogen) atoms. The number of amides is 1. The molecule has 17 heteroatoms. The van der Waals surface area contributed by atoms with Crippen molar-refractivity contribution < 1.29 is 23.0 Å². The van der Waals surface area contributed by atoms with Crippen LogP contribution >= 0.6 is 0 Å². The van der Waals surface area contributed by atoms with E-state index < -0.39 is 11.9 Å². The maximum absolute atomic E-state index is 14.0. The number of aromatic nitrogens is 6. The molecular weight excluding hydrogens is 747 g/mol. The molecule has 294 valence electrons. The molecule has 15 nitrogen and oxygen atoms in total. The zero-order valence-electron chi connectivity index (χ0n) is 32.3. The number of nitrogens with two attached hydrogens (primary N) is 2. The van der Waals surface area contributed by atoms with E-state index in [1.165, 1.54) is 46.1 Å². The van der Waals surface area contributed by atoms with Crippen molar-refractivity contribution in [2.24, 2.45) is 14.1 Å². The first-order chi connectivity index (χ1) is 27.8. The highest BCUT2D eigenvalue weighted by atomic mass is 19.1. The van der Waals surface area contributed by atoms with E-state index in [1.54, 1.807) is 57.1 Å². The summed E-state index contributed by atoms with van der Waals surface area (Å²) in [5.74, 6) is -0.0609. The summed E-state index contributed by atoms with van der Waals surface area (Å²) < 4.78 is 42.6. The molecule has 0 fully saturated rings. The summed E-state index contributed by atoms with van der Waals surface area (Å²) in [5.41, 5.74) is 19.0. The summed E-state index contributed by atoms with van der Waals surface area (Å²) in [4.78, 5) is 25.1. The molecular formula is C41H38F2N12O3. The van der Waals surface area contributed by atoms with Gasteiger partial charge >= 0.3 is 0 Å². The van der Waals surface area contributed by atoms with E-state index in [9.17, 15) is 24.1 Å². The number of carbonyl (C=O) groups excluding carboxylic acids is 1. The average molecular weight is 785 g/mol. The highest BCUT2D eigenvalue weighted by molar-refractivity contribution is 5.96. The fourth-order valence-electron chi connectivity index (χ4n) is 7.10. The molecule has 4 bridgehead atoms. The number of anilines is 2. The first-order valence-electron chi connectivity index (χ1n) is 18.0. The molecule has 2 aromatic carbocycles. The summed E-state index contributed by atoms with van der Waals surface area (Å²) in [6, 6.07) is 16.4. The number of nitrogen functional groups attached to an aromatic ring is 2. The maximum Gasteiger partial charge on any atom is 0.254 e. The van der Waals surface area contributed by atoms with Gasteiger partial charge in [0.15, 0.2) is 23.1 Å². The highest BCUT2D eigenvalue weighted by Gasteiger charge is 2.27. The van der Waals surface area contributed by atoms with Crippen LogP contribution in [0.15, 0.2) is 60.9 Å². The standard InChI is InChI=1S/C21H19FN6O2.C20H19FN6O/c1-11-15-7-13(22)4-5-14(15)21(29)27(2)10-16-19(17(8-23)28(3)26-16)12-6-18(30-11)20(24)25-9-12;1-26-9-12-3-4-15(21)5-14(12)11-28-18-6-13(8-24-20(18)23)19-16(10-26)25-27(2)17(19)7-22/h4-7,9,11H,10H2,1-3H3,(H2,24,25);3-6,8H,9-11H2,1-2H3,(H2,23,24)/t11-;/m1./s1. The minimum Gasteiger partial charge on any atom is -0.485 e. The number of hydrogen-bond donors (Lipinski definition) is 2. The number of rotatable bonds is 0. The van der Waals surface area contributed by atoms with Crippen LogP contribution in [0.1, 0.15) is 62.9 Å². The van der Waals surface area contributed by atoms with Crippen molar-refractivity contribution in [3.63, 3.8) is 0 Å². The SMILES string of the molecule is CN1Cc2ccc(F)cc2COc2cc(cnc2N)-c2c(nn(C)c2C#N)C1.C[C@H]1Oc2cc(cnc2N)-c2c(nn(C)c2C#N)CN(C)C(=O)c2ccc(F)cc21. The lowest BCUT2D eigenvalue weighted by atomic mass is 10.00. The van der Waals surface area contributed by atoms with Gasteiger partial charge in [0.25, 0.3) is 5.91 Å². The summed E-state index contributed by atoms with van der Waals surface area (Å²) in [6.45, 7) is 3.12. The lowest BCUT2D eigenvalue weighted by Crippen LogP contribution is -2.28. The van der Waals surface area contributed by atoms with Crippen LogP contribution < -0.4 is 20.9 Å². The van der Waals surface area contributed by atoms with Crippen molar-refractivity contribution >= 4 is 17.5 Å². The van der Waals surface area contributed by atoms with Gasteiger partial charge in [0.1, 0.15) is 47.9 Å². The smallest absolute Gasteiger partial charge is 0.254 e. The van der Waals surface area contributed by atoms with Crippen molar-refractivity contribution in [3.05, 3.63) is 118 Å². The van der Waals surface area contributed by atoms with Crippen LogP contribution in [0, 0.1) is 34.3 Å². The third kappa shape index (κ3) is 7.46. The van der Waals surface area contributed by atoms with E-state index in [0.717, 1.165) is 16.8 Å². The Morgan fingerprint density at radius 3 is 1.97 bits per heavy atom. The Kier molecular flexibility index (Phi) is 10.5. The molecule has 4 N–H and O–H groups in total. The first-order valence-corrected chi connectivity index (χ1v) is 18.0. The first kappa shape index (κ1) is 38.9. The molecule has 0 saturated heterocycles. The van der Waals surface area contributed by atoms with Crippen molar-refractivity contribution in [2.75, 3.05) is 25.6 Å². The lowest BCUT2D eigenvalue weighted by Gasteiger charge is -2.23. The monoisotopic (exact) mass is 784 g/mol. The van der Waals surface area contributed by atoms with Crippen molar-refractivity contribution in [3.8, 4) is 45.9 Å². The van der Waals surface area contributed by atoms with Crippen molar-refractivity contribution in [1.82, 2.24) is 39.3 Å². The lowest BCUT2D eigenvalue weighted by molar-refractivity contribution is 0.0778. The largest absolute Gasteiger partial charge is 0.485 e. The summed E-state index contributed by atoms with van der Waals surface area (Å²) in [7, 11) is 6.98. The molecule has 6 aromatic rings.